The van der Waals surface area contributed by atoms with Crippen molar-refractivity contribution in [1.29, 1.82) is 0 Å². The summed E-state index contributed by atoms with van der Waals surface area (Å²) in [7, 11) is 0. The minimum atomic E-state index is -0.727. The minimum absolute atomic E-state index is 0.381. The fourth-order valence-corrected chi connectivity index (χ4v) is 5.57. The average Bonchev–Trinajstić information content (AvgIpc) is 2.76. The highest BCUT2D eigenvalue weighted by Crippen LogP contribution is 2.62. The van der Waals surface area contributed by atoms with Crippen molar-refractivity contribution < 1.29 is 9.90 Å². The van der Waals surface area contributed by atoms with Crippen molar-refractivity contribution >= 4 is 5.97 Å². The molecule has 1 heterocycles. The van der Waals surface area contributed by atoms with Gasteiger partial charge in [-0.2, -0.15) is 0 Å². The van der Waals surface area contributed by atoms with Crippen LogP contribution in [-0.4, -0.2) is 23.7 Å². The van der Waals surface area contributed by atoms with Crippen LogP contribution in [0.2, 0.25) is 0 Å². The molecular formula is C15H21NO2. The van der Waals surface area contributed by atoms with E-state index in [2.05, 4.69) is 5.32 Å². The minimum Gasteiger partial charge on any atom is -0.480 e. The van der Waals surface area contributed by atoms with E-state index in [0.29, 0.717) is 5.41 Å². The second-order valence-electron chi connectivity index (χ2n) is 7.09. The predicted molar refractivity (Wildman–Crippen MR) is 68.1 cm³/mol. The monoisotopic (exact) mass is 247 g/mol. The number of carboxylic acids is 1. The number of hydrogen-bond donors (Lipinski definition) is 2. The van der Waals surface area contributed by atoms with Crippen LogP contribution in [0.3, 0.4) is 0 Å². The van der Waals surface area contributed by atoms with Gasteiger partial charge >= 0.3 is 5.97 Å². The lowest BCUT2D eigenvalue weighted by molar-refractivity contribution is -0.137. The number of nitrogens with one attached hydrogen (secondary N) is 1. The van der Waals surface area contributed by atoms with Gasteiger partial charge in [0, 0.05) is 6.54 Å². The Hall–Kier alpha value is -0.830. The fourth-order valence-electron chi connectivity index (χ4n) is 5.57. The molecule has 98 valence electrons. The Morgan fingerprint density at radius 1 is 1.17 bits per heavy atom. The Balaban J connectivity index is 1.64. The van der Waals surface area contributed by atoms with E-state index < -0.39 is 12.0 Å². The van der Waals surface area contributed by atoms with Gasteiger partial charge in [0.25, 0.3) is 0 Å². The predicted octanol–water partition coefficient (Wildman–Crippen LogP) is 2.19. The molecule has 18 heavy (non-hydrogen) atoms. The lowest BCUT2D eigenvalue weighted by Gasteiger charge is -2.57. The Kier molecular flexibility index (Phi) is 2.20. The molecule has 3 nitrogen and oxygen atoms in total. The quantitative estimate of drug-likeness (QED) is 0.735. The molecule has 4 aliphatic carbocycles. The maximum atomic E-state index is 11.1. The summed E-state index contributed by atoms with van der Waals surface area (Å²) in [6.07, 6.45) is 10.4. The van der Waals surface area contributed by atoms with Crippen molar-refractivity contribution in [3.8, 4) is 0 Å². The molecule has 0 spiro atoms. The molecule has 5 rings (SSSR count). The van der Waals surface area contributed by atoms with Crippen LogP contribution < -0.4 is 5.32 Å². The van der Waals surface area contributed by atoms with Crippen LogP contribution in [0.1, 0.15) is 38.5 Å². The van der Waals surface area contributed by atoms with Gasteiger partial charge in [-0.15, -0.1) is 0 Å². The highest BCUT2D eigenvalue weighted by atomic mass is 16.4. The fraction of sp³-hybridized carbons (Fsp3) is 0.800. The zero-order valence-corrected chi connectivity index (χ0v) is 10.7. The van der Waals surface area contributed by atoms with Crippen molar-refractivity contribution in [3.05, 3.63) is 11.6 Å². The third-order valence-corrected chi connectivity index (χ3v) is 5.87. The lowest BCUT2D eigenvalue weighted by Crippen LogP contribution is -2.47. The van der Waals surface area contributed by atoms with Gasteiger partial charge in [-0.1, -0.05) is 11.6 Å². The second-order valence-corrected chi connectivity index (χ2v) is 7.09. The van der Waals surface area contributed by atoms with E-state index in [9.17, 15) is 4.79 Å². The van der Waals surface area contributed by atoms with Crippen molar-refractivity contribution in [2.24, 2.45) is 23.2 Å². The van der Waals surface area contributed by atoms with Crippen LogP contribution >= 0.6 is 0 Å². The molecular weight excluding hydrogens is 226 g/mol. The Morgan fingerprint density at radius 3 is 2.17 bits per heavy atom. The molecule has 1 unspecified atom stereocenters. The van der Waals surface area contributed by atoms with Crippen LogP contribution in [0.15, 0.2) is 11.6 Å². The van der Waals surface area contributed by atoms with E-state index in [-0.39, 0.29) is 0 Å². The number of carbonyl (C=O) groups is 1. The van der Waals surface area contributed by atoms with Gasteiger partial charge in [0.05, 0.1) is 0 Å². The molecule has 0 aromatic rings. The van der Waals surface area contributed by atoms with Crippen LogP contribution in [-0.2, 0) is 4.79 Å². The average molecular weight is 247 g/mol. The molecule has 0 amide bonds. The van der Waals surface area contributed by atoms with Gasteiger partial charge in [-0.3, -0.25) is 10.1 Å². The zero-order valence-electron chi connectivity index (χ0n) is 10.7. The van der Waals surface area contributed by atoms with Gasteiger partial charge in [-0.25, -0.2) is 0 Å². The number of carboxylic acid groups (broad SMARTS) is 1. The molecule has 4 bridgehead atoms. The van der Waals surface area contributed by atoms with Crippen molar-refractivity contribution in [2.75, 3.05) is 6.54 Å². The third-order valence-electron chi connectivity index (χ3n) is 5.87. The molecule has 0 aromatic carbocycles. The first kappa shape index (κ1) is 11.0. The van der Waals surface area contributed by atoms with E-state index in [4.69, 9.17) is 5.11 Å². The van der Waals surface area contributed by atoms with E-state index >= 15 is 0 Å². The van der Waals surface area contributed by atoms with Crippen molar-refractivity contribution in [1.82, 2.24) is 5.32 Å². The van der Waals surface area contributed by atoms with E-state index in [1.165, 1.54) is 44.1 Å². The highest BCUT2D eigenvalue weighted by molar-refractivity contribution is 5.77. The van der Waals surface area contributed by atoms with E-state index in [0.717, 1.165) is 24.3 Å². The summed E-state index contributed by atoms with van der Waals surface area (Å²) in [5.74, 6) is 2.07. The maximum absolute atomic E-state index is 11.1. The Labute approximate surface area is 108 Å². The molecule has 3 heteroatoms. The molecule has 4 saturated carbocycles. The van der Waals surface area contributed by atoms with Crippen LogP contribution in [0.25, 0.3) is 0 Å². The van der Waals surface area contributed by atoms with Gasteiger partial charge in [0.1, 0.15) is 6.04 Å². The van der Waals surface area contributed by atoms with Crippen LogP contribution in [0.4, 0.5) is 0 Å². The molecule has 1 atom stereocenters. The summed E-state index contributed by atoms with van der Waals surface area (Å²) in [6, 6.07) is -0.437. The highest BCUT2D eigenvalue weighted by Gasteiger charge is 2.53. The Bertz CT molecular complexity index is 391. The van der Waals surface area contributed by atoms with Crippen LogP contribution in [0.5, 0.6) is 0 Å². The van der Waals surface area contributed by atoms with E-state index in [1.807, 2.05) is 6.08 Å². The molecule has 5 aliphatic rings. The molecule has 1 aliphatic heterocycles. The van der Waals surface area contributed by atoms with Gasteiger partial charge in [0.15, 0.2) is 0 Å². The molecule has 2 N–H and O–H groups in total. The summed E-state index contributed by atoms with van der Waals surface area (Å²) in [5, 5.41) is 12.2. The molecule has 0 radical (unpaired) electrons. The summed E-state index contributed by atoms with van der Waals surface area (Å²) in [5.41, 5.74) is 1.81. The third kappa shape index (κ3) is 1.49. The second kappa shape index (κ2) is 3.60. The summed E-state index contributed by atoms with van der Waals surface area (Å²) >= 11 is 0. The number of rotatable bonds is 2. The smallest absolute Gasteiger partial charge is 0.324 e. The zero-order chi connectivity index (χ0) is 12.3. The first-order chi connectivity index (χ1) is 8.64. The van der Waals surface area contributed by atoms with Gasteiger partial charge in [-0.05, 0) is 61.7 Å². The van der Waals surface area contributed by atoms with Crippen molar-refractivity contribution in [3.63, 3.8) is 0 Å². The first-order valence-corrected chi connectivity index (χ1v) is 7.32. The first-order valence-electron chi connectivity index (χ1n) is 7.32. The molecule has 0 saturated heterocycles. The maximum Gasteiger partial charge on any atom is 0.324 e. The Morgan fingerprint density at radius 2 is 1.72 bits per heavy atom. The topological polar surface area (TPSA) is 49.3 Å². The van der Waals surface area contributed by atoms with E-state index in [1.54, 1.807) is 0 Å². The SMILES string of the molecule is O=C(O)C1C=C(C23CC4CC(CC(C4)C2)C3)CN1. The normalized spacial score (nSPS) is 49.4. The summed E-state index contributed by atoms with van der Waals surface area (Å²) in [4.78, 5) is 11.1. The van der Waals surface area contributed by atoms with Gasteiger partial charge in [0.2, 0.25) is 0 Å². The van der Waals surface area contributed by atoms with Crippen LogP contribution in [0, 0.1) is 23.2 Å². The molecule has 4 fully saturated rings. The number of hydrogen-bond acceptors (Lipinski definition) is 2. The largest absolute Gasteiger partial charge is 0.480 e. The standard InChI is InChI=1S/C15H21NO2/c17-14(18)13-4-12(8-16-13)15-5-9-1-10(6-15)3-11(2-9)7-15/h4,9-11,13,16H,1-3,5-8H2,(H,17,18). The van der Waals surface area contributed by atoms with Crippen molar-refractivity contribution in [2.45, 2.75) is 44.6 Å². The number of aliphatic carboxylic acids is 1. The lowest BCUT2D eigenvalue weighted by atomic mass is 9.48. The summed E-state index contributed by atoms with van der Waals surface area (Å²) in [6.45, 7) is 0.809. The summed E-state index contributed by atoms with van der Waals surface area (Å²) < 4.78 is 0. The molecule has 0 aromatic heterocycles. The van der Waals surface area contributed by atoms with Gasteiger partial charge < -0.3 is 5.11 Å².